The highest BCUT2D eigenvalue weighted by atomic mass is 32.1. The summed E-state index contributed by atoms with van der Waals surface area (Å²) >= 11 is 1.64. The SMILES string of the molecule is Cc1cccc2oc(-c3cccs3)nc12. The van der Waals surface area contributed by atoms with Crippen LogP contribution in [0.25, 0.3) is 21.9 Å². The number of nitrogens with zero attached hydrogens (tertiary/aromatic N) is 1. The Morgan fingerprint density at radius 1 is 1.20 bits per heavy atom. The summed E-state index contributed by atoms with van der Waals surface area (Å²) in [4.78, 5) is 5.57. The smallest absolute Gasteiger partial charge is 0.237 e. The van der Waals surface area contributed by atoms with Gasteiger partial charge in [-0.05, 0) is 30.0 Å². The van der Waals surface area contributed by atoms with E-state index in [0.717, 1.165) is 21.5 Å². The normalized spacial score (nSPS) is 11.0. The van der Waals surface area contributed by atoms with Crippen LogP contribution in [0.4, 0.5) is 0 Å². The molecule has 2 aromatic heterocycles. The quantitative estimate of drug-likeness (QED) is 0.616. The van der Waals surface area contributed by atoms with E-state index in [4.69, 9.17) is 4.42 Å². The fourth-order valence-electron chi connectivity index (χ4n) is 1.59. The zero-order valence-electron chi connectivity index (χ0n) is 8.23. The van der Waals surface area contributed by atoms with Crippen molar-refractivity contribution < 1.29 is 4.42 Å². The molecule has 3 rings (SSSR count). The molecule has 15 heavy (non-hydrogen) atoms. The van der Waals surface area contributed by atoms with Crippen LogP contribution in [0, 0.1) is 6.92 Å². The molecular formula is C12H9NOS. The number of fused-ring (bicyclic) bond motifs is 1. The average molecular weight is 215 g/mol. The van der Waals surface area contributed by atoms with Gasteiger partial charge in [0.15, 0.2) is 5.58 Å². The number of hydrogen-bond acceptors (Lipinski definition) is 3. The first-order valence-electron chi connectivity index (χ1n) is 4.74. The number of oxazole rings is 1. The van der Waals surface area contributed by atoms with Gasteiger partial charge in [-0.15, -0.1) is 11.3 Å². The molecule has 0 amide bonds. The topological polar surface area (TPSA) is 26.0 Å². The second-order valence-electron chi connectivity index (χ2n) is 3.42. The minimum Gasteiger partial charge on any atom is -0.435 e. The van der Waals surface area contributed by atoms with E-state index in [1.54, 1.807) is 11.3 Å². The predicted octanol–water partition coefficient (Wildman–Crippen LogP) is 3.86. The van der Waals surface area contributed by atoms with Crippen molar-refractivity contribution in [2.75, 3.05) is 0 Å². The molecule has 0 radical (unpaired) electrons. The van der Waals surface area contributed by atoms with Crippen molar-refractivity contribution in [2.45, 2.75) is 6.92 Å². The Morgan fingerprint density at radius 3 is 2.87 bits per heavy atom. The van der Waals surface area contributed by atoms with Crippen LogP contribution < -0.4 is 0 Å². The Bertz CT molecular complexity index is 595. The summed E-state index contributed by atoms with van der Waals surface area (Å²) in [6.45, 7) is 2.04. The van der Waals surface area contributed by atoms with Gasteiger partial charge in [-0.3, -0.25) is 0 Å². The lowest BCUT2D eigenvalue weighted by atomic mass is 10.2. The van der Waals surface area contributed by atoms with Crippen LogP contribution in [0.5, 0.6) is 0 Å². The summed E-state index contributed by atoms with van der Waals surface area (Å²) < 4.78 is 5.69. The van der Waals surface area contributed by atoms with Gasteiger partial charge in [-0.1, -0.05) is 18.2 Å². The predicted molar refractivity (Wildman–Crippen MR) is 62.1 cm³/mol. The number of para-hydroxylation sites is 1. The Hall–Kier alpha value is -1.61. The molecule has 3 heteroatoms. The highest BCUT2D eigenvalue weighted by Gasteiger charge is 2.09. The van der Waals surface area contributed by atoms with Crippen molar-refractivity contribution >= 4 is 22.4 Å². The molecule has 0 saturated heterocycles. The Morgan fingerprint density at radius 2 is 2.13 bits per heavy atom. The van der Waals surface area contributed by atoms with Crippen LogP contribution in [0.2, 0.25) is 0 Å². The van der Waals surface area contributed by atoms with E-state index < -0.39 is 0 Å². The van der Waals surface area contributed by atoms with Gasteiger partial charge in [-0.25, -0.2) is 4.98 Å². The molecule has 0 aliphatic rings. The number of benzene rings is 1. The molecule has 2 nitrogen and oxygen atoms in total. The maximum atomic E-state index is 5.69. The summed E-state index contributed by atoms with van der Waals surface area (Å²) in [5.74, 6) is 0.717. The molecule has 0 fully saturated rings. The van der Waals surface area contributed by atoms with Gasteiger partial charge in [0.25, 0.3) is 0 Å². The van der Waals surface area contributed by atoms with Gasteiger partial charge < -0.3 is 4.42 Å². The van der Waals surface area contributed by atoms with Crippen LogP contribution >= 0.6 is 11.3 Å². The first-order valence-corrected chi connectivity index (χ1v) is 5.62. The van der Waals surface area contributed by atoms with E-state index in [-0.39, 0.29) is 0 Å². The summed E-state index contributed by atoms with van der Waals surface area (Å²) in [5.41, 5.74) is 2.97. The van der Waals surface area contributed by atoms with E-state index in [1.165, 1.54) is 0 Å². The van der Waals surface area contributed by atoms with Crippen molar-refractivity contribution in [2.24, 2.45) is 0 Å². The third-order valence-electron chi connectivity index (χ3n) is 2.35. The van der Waals surface area contributed by atoms with Gasteiger partial charge >= 0.3 is 0 Å². The summed E-state index contributed by atoms with van der Waals surface area (Å²) in [5, 5.41) is 2.02. The molecule has 74 valence electrons. The highest BCUT2D eigenvalue weighted by molar-refractivity contribution is 7.13. The molecule has 0 unspecified atom stereocenters. The van der Waals surface area contributed by atoms with E-state index in [1.807, 2.05) is 42.6 Å². The number of aryl methyl sites for hydroxylation is 1. The summed E-state index contributed by atoms with van der Waals surface area (Å²) in [7, 11) is 0. The fraction of sp³-hybridized carbons (Fsp3) is 0.0833. The number of aromatic nitrogens is 1. The van der Waals surface area contributed by atoms with Crippen molar-refractivity contribution in [3.05, 3.63) is 41.3 Å². The largest absolute Gasteiger partial charge is 0.435 e. The average Bonchev–Trinajstić information content (AvgIpc) is 2.86. The van der Waals surface area contributed by atoms with Gasteiger partial charge in [0.05, 0.1) is 4.88 Å². The molecule has 0 aliphatic carbocycles. The number of rotatable bonds is 1. The third-order valence-corrected chi connectivity index (χ3v) is 3.21. The van der Waals surface area contributed by atoms with Crippen LogP contribution in [-0.4, -0.2) is 4.98 Å². The molecular weight excluding hydrogens is 206 g/mol. The second-order valence-corrected chi connectivity index (χ2v) is 4.37. The lowest BCUT2D eigenvalue weighted by Crippen LogP contribution is -1.74. The third kappa shape index (κ3) is 1.36. The van der Waals surface area contributed by atoms with Crippen LogP contribution in [-0.2, 0) is 0 Å². The molecule has 0 atom stereocenters. The molecule has 1 aromatic carbocycles. The van der Waals surface area contributed by atoms with Crippen molar-refractivity contribution in [1.82, 2.24) is 4.98 Å². The molecule has 0 N–H and O–H groups in total. The Kier molecular flexibility index (Phi) is 1.86. The van der Waals surface area contributed by atoms with Crippen molar-refractivity contribution in [1.29, 1.82) is 0 Å². The Balaban J connectivity index is 2.27. The zero-order chi connectivity index (χ0) is 10.3. The molecule has 0 spiro atoms. The second kappa shape index (κ2) is 3.21. The molecule has 3 aromatic rings. The first-order chi connectivity index (χ1) is 7.34. The van der Waals surface area contributed by atoms with Gasteiger partial charge in [0, 0.05) is 0 Å². The van der Waals surface area contributed by atoms with Crippen LogP contribution in [0.3, 0.4) is 0 Å². The van der Waals surface area contributed by atoms with Crippen molar-refractivity contribution in [3.8, 4) is 10.8 Å². The summed E-state index contributed by atoms with van der Waals surface area (Å²) in [6.07, 6.45) is 0. The lowest BCUT2D eigenvalue weighted by molar-refractivity contribution is 0.621. The minimum absolute atomic E-state index is 0.717. The van der Waals surface area contributed by atoms with E-state index in [9.17, 15) is 0 Å². The first kappa shape index (κ1) is 8.68. The number of hydrogen-bond donors (Lipinski definition) is 0. The van der Waals surface area contributed by atoms with Crippen LogP contribution in [0.1, 0.15) is 5.56 Å². The highest BCUT2D eigenvalue weighted by Crippen LogP contribution is 2.28. The monoisotopic (exact) mass is 215 g/mol. The minimum atomic E-state index is 0.717. The molecule has 0 aliphatic heterocycles. The molecule has 2 heterocycles. The van der Waals surface area contributed by atoms with Gasteiger partial charge in [0.1, 0.15) is 5.52 Å². The zero-order valence-corrected chi connectivity index (χ0v) is 9.04. The molecule has 0 bridgehead atoms. The summed E-state index contributed by atoms with van der Waals surface area (Å²) in [6, 6.07) is 10.0. The van der Waals surface area contributed by atoms with Crippen LogP contribution in [0.15, 0.2) is 40.1 Å². The van der Waals surface area contributed by atoms with Gasteiger partial charge in [-0.2, -0.15) is 0 Å². The van der Waals surface area contributed by atoms with Gasteiger partial charge in [0.2, 0.25) is 5.89 Å². The number of thiophene rings is 1. The van der Waals surface area contributed by atoms with E-state index in [0.29, 0.717) is 5.89 Å². The van der Waals surface area contributed by atoms with Crippen molar-refractivity contribution in [3.63, 3.8) is 0 Å². The lowest BCUT2D eigenvalue weighted by Gasteiger charge is -1.88. The maximum Gasteiger partial charge on any atom is 0.237 e. The Labute approximate surface area is 91.2 Å². The van der Waals surface area contributed by atoms with E-state index >= 15 is 0 Å². The maximum absolute atomic E-state index is 5.69. The fourth-order valence-corrected chi connectivity index (χ4v) is 2.24. The van der Waals surface area contributed by atoms with E-state index in [2.05, 4.69) is 4.98 Å². The molecule has 0 saturated carbocycles. The standard InChI is InChI=1S/C12H9NOS/c1-8-4-2-5-9-11(8)13-12(14-9)10-6-3-7-15-10/h2-7H,1H3.